The minimum atomic E-state index is -4.94. The highest BCUT2D eigenvalue weighted by atomic mass is 19.4. The van der Waals surface area contributed by atoms with Crippen LogP contribution in [0.25, 0.3) is 20.9 Å². The van der Waals surface area contributed by atoms with Gasteiger partial charge in [-0.25, -0.2) is 9.59 Å². The predicted molar refractivity (Wildman–Crippen MR) is 130 cm³/mol. The maximum atomic E-state index is 12.7. The second-order valence-electron chi connectivity index (χ2n) is 9.05. The highest BCUT2D eigenvalue weighted by Gasteiger charge is 2.40. The summed E-state index contributed by atoms with van der Waals surface area (Å²) in [5.41, 5.74) is 8.38. The zero-order chi connectivity index (χ0) is 33.0. The number of alkyl halides is 6. The Hall–Kier alpha value is -4.60. The third kappa shape index (κ3) is 7.48. The lowest BCUT2D eigenvalue weighted by molar-refractivity contribution is -0.140. The molecule has 2 saturated heterocycles. The summed E-state index contributed by atoms with van der Waals surface area (Å²) >= 11 is 0. The summed E-state index contributed by atoms with van der Waals surface area (Å²) in [5.74, 6) is 0. The van der Waals surface area contributed by atoms with Crippen LogP contribution in [0.15, 0.2) is 41.8 Å². The van der Waals surface area contributed by atoms with Gasteiger partial charge in [0.2, 0.25) is 0 Å². The van der Waals surface area contributed by atoms with Crippen LogP contribution in [0.2, 0.25) is 0 Å². The zero-order valence-corrected chi connectivity index (χ0v) is 21.6. The number of aliphatic hydroxyl groups excluding tert-OH is 2. The summed E-state index contributed by atoms with van der Waals surface area (Å²) < 4.78 is 87.8. The molecule has 2 aromatic heterocycles. The van der Waals surface area contributed by atoms with Crippen molar-refractivity contribution in [3.05, 3.63) is 86.1 Å². The van der Waals surface area contributed by atoms with E-state index in [1.807, 2.05) is 0 Å². The Morgan fingerprint density at radius 1 is 0.773 bits per heavy atom. The standard InChI is InChI=1S/2C10H10F3N5O4/c2*11-10(12,13)4-2-18(9(21)15-8(4)20)7-1-5(16-17-14)6(3-19)22-7/h2*2,5-7,19H,1,3H2,(H,15,20,21)/t2*5-,6+,7+/m00/s1. The molecular formula is C20H20F6N10O8. The molecule has 0 saturated carbocycles. The van der Waals surface area contributed by atoms with Crippen LogP contribution < -0.4 is 22.5 Å². The first-order valence-corrected chi connectivity index (χ1v) is 12.0. The fourth-order valence-electron chi connectivity index (χ4n) is 4.28. The minimum Gasteiger partial charge on any atom is -0.394 e. The number of aromatic nitrogens is 4. The van der Waals surface area contributed by atoms with Gasteiger partial charge in [-0.2, -0.15) is 26.3 Å². The fraction of sp³-hybridized carbons (Fsp3) is 0.600. The molecule has 2 aliphatic rings. The number of nitrogens with one attached hydrogen (secondary N) is 2. The SMILES string of the molecule is [N-]=[N+]=N[C@H]1C[C@H](n2cc(C(F)(F)F)c(=O)[nH]c2=O)O[C@@H]1CO.[N-]=[N+]=N[C@H]1C[C@H](n2cc(C(F)(F)F)c(=O)[nH]c2=O)O[C@@H]1CO. The first kappa shape index (κ1) is 33.9. The number of aromatic amines is 2. The number of rotatable bonds is 6. The number of nitrogens with zero attached hydrogens (tertiary/aromatic N) is 8. The molecule has 0 radical (unpaired) electrons. The van der Waals surface area contributed by atoms with Crippen LogP contribution in [0.4, 0.5) is 26.3 Å². The molecular weight excluding hydrogens is 622 g/mol. The van der Waals surface area contributed by atoms with Gasteiger partial charge in [0.25, 0.3) is 11.1 Å². The Morgan fingerprint density at radius 3 is 1.39 bits per heavy atom. The van der Waals surface area contributed by atoms with Crippen LogP contribution in [-0.2, 0) is 21.8 Å². The third-order valence-corrected chi connectivity index (χ3v) is 6.34. The van der Waals surface area contributed by atoms with Gasteiger partial charge in [0.1, 0.15) is 23.6 Å². The lowest BCUT2D eigenvalue weighted by atomic mass is 10.1. The first-order chi connectivity index (χ1) is 20.5. The second-order valence-corrected chi connectivity index (χ2v) is 9.05. The van der Waals surface area contributed by atoms with E-state index in [-0.39, 0.29) is 12.8 Å². The van der Waals surface area contributed by atoms with Gasteiger partial charge < -0.3 is 19.7 Å². The Kier molecular flexibility index (Phi) is 10.3. The van der Waals surface area contributed by atoms with Crippen LogP contribution in [0.5, 0.6) is 0 Å². The molecule has 0 aromatic carbocycles. The van der Waals surface area contributed by atoms with Gasteiger partial charge in [0, 0.05) is 35.1 Å². The number of H-pyrrole nitrogens is 2. The van der Waals surface area contributed by atoms with Crippen LogP contribution in [-0.4, -0.2) is 66.8 Å². The average Bonchev–Trinajstić information content (AvgIpc) is 3.51. The largest absolute Gasteiger partial charge is 0.423 e. The number of azide groups is 2. The molecule has 24 heteroatoms. The predicted octanol–water partition coefficient (Wildman–Crippen LogP) is 1.03. The highest BCUT2D eigenvalue weighted by Crippen LogP contribution is 2.33. The smallest absolute Gasteiger partial charge is 0.394 e. The molecule has 0 bridgehead atoms. The quantitative estimate of drug-likeness (QED) is 0.153. The molecule has 4 N–H and O–H groups in total. The Bertz CT molecular complexity index is 1560. The normalized spacial score (nSPS) is 25.0. The lowest BCUT2D eigenvalue weighted by Gasteiger charge is -2.16. The van der Waals surface area contributed by atoms with E-state index >= 15 is 0 Å². The summed E-state index contributed by atoms with van der Waals surface area (Å²) in [6.07, 6.45) is -13.7. The van der Waals surface area contributed by atoms with Crippen molar-refractivity contribution in [2.75, 3.05) is 13.2 Å². The molecule has 0 aliphatic carbocycles. The first-order valence-electron chi connectivity index (χ1n) is 12.0. The van der Waals surface area contributed by atoms with E-state index < -0.39 is 95.9 Å². The van der Waals surface area contributed by atoms with E-state index in [1.165, 1.54) is 0 Å². The molecule has 0 amide bonds. The van der Waals surface area contributed by atoms with Gasteiger partial charge in [0.15, 0.2) is 0 Å². The van der Waals surface area contributed by atoms with Crippen LogP contribution in [0.1, 0.15) is 36.4 Å². The third-order valence-electron chi connectivity index (χ3n) is 6.34. The number of ether oxygens (including phenoxy) is 2. The Balaban J connectivity index is 0.000000240. The molecule has 18 nitrogen and oxygen atoms in total. The van der Waals surface area contributed by atoms with E-state index in [0.29, 0.717) is 21.5 Å². The van der Waals surface area contributed by atoms with Gasteiger partial charge in [-0.3, -0.25) is 28.7 Å². The maximum Gasteiger partial charge on any atom is 0.423 e. The molecule has 0 unspecified atom stereocenters. The van der Waals surface area contributed by atoms with E-state index in [0.717, 1.165) is 0 Å². The number of aliphatic hydroxyl groups is 2. The molecule has 2 fully saturated rings. The summed E-state index contributed by atoms with van der Waals surface area (Å²) in [5, 5.41) is 24.9. The van der Waals surface area contributed by atoms with Crippen molar-refractivity contribution >= 4 is 0 Å². The minimum absolute atomic E-state index is 0.113. The van der Waals surface area contributed by atoms with Crippen LogP contribution in [0.3, 0.4) is 0 Å². The topological polar surface area (TPSA) is 266 Å². The second kappa shape index (κ2) is 13.4. The van der Waals surface area contributed by atoms with Gasteiger partial charge in [-0.05, 0) is 11.1 Å². The maximum absolute atomic E-state index is 12.7. The molecule has 2 aliphatic heterocycles. The highest BCUT2D eigenvalue weighted by molar-refractivity contribution is 5.10. The molecule has 44 heavy (non-hydrogen) atoms. The van der Waals surface area contributed by atoms with Crippen molar-refractivity contribution in [2.45, 2.75) is 61.9 Å². The van der Waals surface area contributed by atoms with Gasteiger partial charge in [-0.1, -0.05) is 10.2 Å². The van der Waals surface area contributed by atoms with E-state index in [2.05, 4.69) is 20.1 Å². The monoisotopic (exact) mass is 642 g/mol. The number of hydrogen-bond donors (Lipinski definition) is 4. The number of hydrogen-bond acceptors (Lipinski definition) is 10. The van der Waals surface area contributed by atoms with Crippen LogP contribution in [0, 0.1) is 0 Å². The van der Waals surface area contributed by atoms with E-state index in [4.69, 9.17) is 30.7 Å². The van der Waals surface area contributed by atoms with Crippen molar-refractivity contribution < 1.29 is 46.0 Å². The van der Waals surface area contributed by atoms with Crippen molar-refractivity contribution in [1.29, 1.82) is 0 Å². The molecule has 4 rings (SSSR count). The van der Waals surface area contributed by atoms with Crippen molar-refractivity contribution in [1.82, 2.24) is 19.1 Å². The zero-order valence-electron chi connectivity index (χ0n) is 21.6. The van der Waals surface area contributed by atoms with E-state index in [1.54, 1.807) is 9.97 Å². The summed E-state index contributed by atoms with van der Waals surface area (Å²) in [7, 11) is 0. The molecule has 4 heterocycles. The van der Waals surface area contributed by atoms with Gasteiger partial charge in [0.05, 0.1) is 37.5 Å². The number of halogens is 6. The van der Waals surface area contributed by atoms with Crippen LogP contribution >= 0.6 is 0 Å². The Morgan fingerprint density at radius 2 is 1.11 bits per heavy atom. The van der Waals surface area contributed by atoms with Crippen molar-refractivity contribution in [3.63, 3.8) is 0 Å². The van der Waals surface area contributed by atoms with Crippen molar-refractivity contribution in [2.24, 2.45) is 10.2 Å². The Labute approximate surface area is 237 Å². The summed E-state index contributed by atoms with van der Waals surface area (Å²) in [4.78, 5) is 53.9. The van der Waals surface area contributed by atoms with Gasteiger partial charge >= 0.3 is 23.7 Å². The molecule has 240 valence electrons. The van der Waals surface area contributed by atoms with Crippen molar-refractivity contribution in [3.8, 4) is 0 Å². The molecule has 0 spiro atoms. The molecule has 6 atom stereocenters. The van der Waals surface area contributed by atoms with Gasteiger partial charge in [-0.15, -0.1) is 0 Å². The fourth-order valence-corrected chi connectivity index (χ4v) is 4.28. The average molecular weight is 642 g/mol. The van der Waals surface area contributed by atoms with E-state index in [9.17, 15) is 45.5 Å². The lowest BCUT2D eigenvalue weighted by Crippen LogP contribution is -2.36. The molecule has 2 aromatic rings. The summed E-state index contributed by atoms with van der Waals surface area (Å²) in [6.45, 7) is -1.07. The summed E-state index contributed by atoms with van der Waals surface area (Å²) in [6, 6.07) is -1.68.